The maximum atomic E-state index is 13.6. The first-order valence-electron chi connectivity index (χ1n) is 26.4. The number of fused-ring (bicyclic) bond motifs is 10. The number of alkyl carbamates (subject to hydrolysis) is 1. The third-order valence-electron chi connectivity index (χ3n) is 13.5. The van der Waals surface area contributed by atoms with Crippen molar-refractivity contribution in [1.82, 2.24) is 39.2 Å². The second-order valence-electron chi connectivity index (χ2n) is 20.0. The summed E-state index contributed by atoms with van der Waals surface area (Å²) in [6.07, 6.45) is 8.17. The van der Waals surface area contributed by atoms with Crippen molar-refractivity contribution in [3.8, 4) is 0 Å². The van der Waals surface area contributed by atoms with Gasteiger partial charge in [0, 0.05) is 78.5 Å². The SMILES string of the molecule is CC(C)(C)OC(=O)NCCN1CC=CC1.CCOC(=O)c1c(=O)c2ccc(N3CCOCC3)nc2n2c1sc1ccccc12.O=C(NCCN1CC=CC1)c1c(=O)c2ccc(N3CCOCC3)nc2n2c1sc1ccccc12. The van der Waals surface area contributed by atoms with Gasteiger partial charge in [-0.25, -0.2) is 19.6 Å². The summed E-state index contributed by atoms with van der Waals surface area (Å²) in [6.45, 7) is 19.6. The monoisotopic (exact) mass is 1100 g/mol. The quantitative estimate of drug-likeness (QED) is 0.0997. The number of carbonyl (C=O) groups is 3. The third kappa shape index (κ3) is 11.9. The Kier molecular flexibility index (Phi) is 16.8. The van der Waals surface area contributed by atoms with Gasteiger partial charge < -0.3 is 39.4 Å². The zero-order valence-electron chi connectivity index (χ0n) is 44.3. The van der Waals surface area contributed by atoms with E-state index in [1.807, 2.05) is 90.2 Å². The summed E-state index contributed by atoms with van der Waals surface area (Å²) in [5.41, 5.74) is 2.22. The molecule has 12 rings (SSSR count). The van der Waals surface area contributed by atoms with Crippen molar-refractivity contribution in [3.63, 3.8) is 0 Å². The van der Waals surface area contributed by atoms with Crippen LogP contribution in [0.15, 0.2) is 107 Å². The summed E-state index contributed by atoms with van der Waals surface area (Å²) in [5.74, 6) is 0.685. The highest BCUT2D eigenvalue weighted by atomic mass is 32.1. The van der Waals surface area contributed by atoms with Crippen molar-refractivity contribution in [2.24, 2.45) is 0 Å². The smallest absolute Gasteiger partial charge is 0.407 e. The Morgan fingerprint density at radius 1 is 0.615 bits per heavy atom. The minimum atomic E-state index is -0.597. The number of carbonyl (C=O) groups excluding carboxylic acids is 3. The molecule has 78 heavy (non-hydrogen) atoms. The van der Waals surface area contributed by atoms with E-state index in [0.717, 1.165) is 97.5 Å². The maximum absolute atomic E-state index is 13.6. The Labute approximate surface area is 458 Å². The van der Waals surface area contributed by atoms with Crippen LogP contribution in [0.5, 0.6) is 0 Å². The van der Waals surface area contributed by atoms with Gasteiger partial charge in [0.1, 0.15) is 38.0 Å². The zero-order valence-corrected chi connectivity index (χ0v) is 46.0. The molecular weight excluding hydrogens is 1030 g/mol. The fraction of sp³-hybridized carbons (Fsp3) is 0.386. The van der Waals surface area contributed by atoms with Crippen LogP contribution < -0.4 is 31.3 Å². The molecule has 0 spiro atoms. The fourth-order valence-electron chi connectivity index (χ4n) is 9.73. The Balaban J connectivity index is 0.000000142. The van der Waals surface area contributed by atoms with E-state index in [9.17, 15) is 24.0 Å². The summed E-state index contributed by atoms with van der Waals surface area (Å²) in [6, 6.07) is 23.1. The number of para-hydroxylation sites is 2. The van der Waals surface area contributed by atoms with Crippen LogP contribution in [-0.2, 0) is 18.9 Å². The van der Waals surface area contributed by atoms with Gasteiger partial charge in [-0.05, 0) is 76.2 Å². The van der Waals surface area contributed by atoms with Gasteiger partial charge in [0.2, 0.25) is 10.9 Å². The molecule has 8 aromatic rings. The summed E-state index contributed by atoms with van der Waals surface area (Å²) in [5, 5.41) is 6.57. The number of esters is 1. The number of benzene rings is 2. The molecule has 4 aliphatic rings. The van der Waals surface area contributed by atoms with E-state index >= 15 is 0 Å². The first-order valence-corrected chi connectivity index (χ1v) is 28.1. The minimum Gasteiger partial charge on any atom is -0.462 e. The van der Waals surface area contributed by atoms with Gasteiger partial charge in [-0.3, -0.25) is 33.0 Å². The van der Waals surface area contributed by atoms with Gasteiger partial charge in [-0.2, -0.15) is 0 Å². The topological polar surface area (TPSA) is 194 Å². The van der Waals surface area contributed by atoms with Crippen LogP contribution in [0, 0.1) is 0 Å². The molecule has 2 amide bonds. The van der Waals surface area contributed by atoms with Crippen molar-refractivity contribution in [3.05, 3.63) is 129 Å². The second kappa shape index (κ2) is 24.2. The summed E-state index contributed by atoms with van der Waals surface area (Å²) < 4.78 is 27.1. The molecule has 0 unspecified atom stereocenters. The lowest BCUT2D eigenvalue weighted by Crippen LogP contribution is -2.37. The third-order valence-corrected chi connectivity index (χ3v) is 15.8. The molecule has 2 saturated heterocycles. The number of thiazole rings is 2. The molecule has 10 heterocycles. The Hall–Kier alpha value is -7.27. The van der Waals surface area contributed by atoms with Crippen molar-refractivity contribution in [1.29, 1.82) is 0 Å². The van der Waals surface area contributed by atoms with Crippen LogP contribution >= 0.6 is 22.7 Å². The van der Waals surface area contributed by atoms with E-state index in [4.69, 9.17) is 28.9 Å². The number of nitrogens with one attached hydrogen (secondary N) is 2. The first kappa shape index (κ1) is 54.1. The lowest BCUT2D eigenvalue weighted by Gasteiger charge is -2.28. The molecule has 0 saturated carbocycles. The number of amides is 2. The largest absolute Gasteiger partial charge is 0.462 e. The number of nitrogens with zero attached hydrogens (tertiary/aromatic N) is 8. The predicted molar refractivity (Wildman–Crippen MR) is 308 cm³/mol. The number of anilines is 2. The number of rotatable bonds is 11. The highest BCUT2D eigenvalue weighted by molar-refractivity contribution is 7.24. The molecule has 21 heteroatoms. The molecule has 19 nitrogen and oxygen atoms in total. The van der Waals surface area contributed by atoms with Gasteiger partial charge >= 0.3 is 12.1 Å². The molecule has 0 atom stereocenters. The van der Waals surface area contributed by atoms with Crippen molar-refractivity contribution in [2.45, 2.75) is 33.3 Å². The molecule has 0 bridgehead atoms. The number of aromatic nitrogens is 4. The summed E-state index contributed by atoms with van der Waals surface area (Å²) >= 11 is 2.86. The molecule has 0 radical (unpaired) electrons. The van der Waals surface area contributed by atoms with Crippen LogP contribution in [-0.4, -0.2) is 164 Å². The lowest BCUT2D eigenvalue weighted by molar-refractivity contribution is 0.0514. The van der Waals surface area contributed by atoms with E-state index in [1.165, 1.54) is 22.7 Å². The Bertz CT molecular complexity index is 3680. The van der Waals surface area contributed by atoms with Gasteiger partial charge in [0.05, 0.1) is 64.2 Å². The van der Waals surface area contributed by atoms with Crippen LogP contribution in [0.25, 0.3) is 52.2 Å². The highest BCUT2D eigenvalue weighted by Gasteiger charge is 2.27. The first-order chi connectivity index (χ1) is 37.9. The van der Waals surface area contributed by atoms with Crippen molar-refractivity contribution in [2.75, 3.05) is 121 Å². The van der Waals surface area contributed by atoms with Crippen molar-refractivity contribution >= 4 is 104 Å². The molecule has 2 N–H and O–H groups in total. The Morgan fingerprint density at radius 3 is 1.54 bits per heavy atom. The molecular formula is C57H64N10O9S2. The molecule has 0 aliphatic carbocycles. The van der Waals surface area contributed by atoms with Gasteiger partial charge in [-0.1, -0.05) is 48.6 Å². The van der Waals surface area contributed by atoms with E-state index in [2.05, 4.69) is 54.5 Å². The predicted octanol–water partition coefficient (Wildman–Crippen LogP) is 6.96. The average Bonchev–Trinajstić information content (AvgIpc) is 4.41. The maximum Gasteiger partial charge on any atom is 0.407 e. The van der Waals surface area contributed by atoms with E-state index < -0.39 is 11.6 Å². The van der Waals surface area contributed by atoms with Crippen LogP contribution in [0.1, 0.15) is 48.4 Å². The Morgan fingerprint density at radius 2 is 1.06 bits per heavy atom. The summed E-state index contributed by atoms with van der Waals surface area (Å²) in [4.78, 5) is 83.8. The standard InChI is InChI=1S/C25H25N5O3S.C21H19N3O4S.C11H20N2O2/c31-22-17-7-8-20(29-13-15-33-16-14-29)27-23(17)30-18-5-1-2-6-19(18)34-25(30)21(22)24(32)26-9-12-28-10-3-4-11-28;1-2-28-21(26)17-18(25)13-7-8-16(23-9-11-27-12-10-23)22-19(13)24-14-5-3-4-6-15(14)29-20(17)24;1-11(2,3)15-10(14)12-6-9-13-7-4-5-8-13/h1-8H,9-16H2,(H,26,32);3-8H,2,9-12H2,1H3;4-5H,6-9H2,1-3H3,(H,12,14). The van der Waals surface area contributed by atoms with E-state index in [1.54, 1.807) is 19.1 Å². The number of morpholine rings is 2. The molecule has 408 valence electrons. The van der Waals surface area contributed by atoms with Crippen LogP contribution in [0.3, 0.4) is 0 Å². The van der Waals surface area contributed by atoms with Gasteiger partial charge in [-0.15, -0.1) is 22.7 Å². The number of hydrogen-bond acceptors (Lipinski definition) is 17. The van der Waals surface area contributed by atoms with Crippen molar-refractivity contribution < 1.29 is 33.3 Å². The fourth-order valence-corrected chi connectivity index (χ4v) is 12.1. The number of ether oxygens (including phenoxy) is 4. The van der Waals surface area contributed by atoms with Gasteiger partial charge in [0.25, 0.3) is 5.91 Å². The van der Waals surface area contributed by atoms with Crippen LogP contribution in [0.2, 0.25) is 0 Å². The van der Waals surface area contributed by atoms with Gasteiger partial charge in [0.15, 0.2) is 11.3 Å². The summed E-state index contributed by atoms with van der Waals surface area (Å²) in [7, 11) is 0. The van der Waals surface area contributed by atoms with E-state index in [0.29, 0.717) is 71.2 Å². The second-order valence-corrected chi connectivity index (χ2v) is 22.0. The lowest BCUT2D eigenvalue weighted by atomic mass is 10.1. The van der Waals surface area contributed by atoms with Crippen LogP contribution in [0.4, 0.5) is 16.4 Å². The van der Waals surface area contributed by atoms with E-state index in [-0.39, 0.29) is 40.6 Å². The average molecular weight is 1100 g/mol. The molecule has 4 aliphatic heterocycles. The normalized spacial score (nSPS) is 16.0. The molecule has 6 aromatic heterocycles. The minimum absolute atomic E-state index is 0.0708. The number of hydrogen-bond donors (Lipinski definition) is 2. The molecule has 2 fully saturated rings. The zero-order chi connectivity index (χ0) is 54.3. The number of pyridine rings is 4. The highest BCUT2D eigenvalue weighted by Crippen LogP contribution is 2.33. The molecule has 2 aromatic carbocycles.